The largest absolute Gasteiger partial charge is 0.458 e. The van der Waals surface area contributed by atoms with Gasteiger partial charge in [-0.15, -0.1) is 0 Å². The van der Waals surface area contributed by atoms with Crippen LogP contribution in [0.4, 0.5) is 4.79 Å². The van der Waals surface area contributed by atoms with E-state index in [0.29, 0.717) is 10.6 Å². The number of Topliss-reactive ketones (excluding diaryl/α,β-unsaturated/α-hetero) is 1. The molecule has 0 aliphatic heterocycles. The maximum absolute atomic E-state index is 11.9. The first-order valence-electron chi connectivity index (χ1n) is 7.08. The van der Waals surface area contributed by atoms with Gasteiger partial charge in [-0.3, -0.25) is 9.59 Å². The molecule has 0 aromatic heterocycles. The van der Waals surface area contributed by atoms with Crippen LogP contribution in [-0.2, 0) is 14.3 Å². The van der Waals surface area contributed by atoms with E-state index in [0.717, 1.165) is 0 Å². The highest BCUT2D eigenvalue weighted by atomic mass is 35.5. The van der Waals surface area contributed by atoms with Crippen LogP contribution < -0.4 is 16.8 Å². The maximum Gasteiger partial charge on any atom is 0.312 e. The van der Waals surface area contributed by atoms with E-state index in [1.165, 1.54) is 0 Å². The smallest absolute Gasteiger partial charge is 0.312 e. The monoisotopic (exact) mass is 364 g/mol. The zero-order chi connectivity index (χ0) is 19.0. The molecule has 0 saturated heterocycles. The molecule has 0 aliphatic carbocycles. The van der Waals surface area contributed by atoms with Gasteiger partial charge in [0.15, 0.2) is 12.4 Å². The van der Waals surface area contributed by atoms with Gasteiger partial charge in [0, 0.05) is 10.7 Å². The summed E-state index contributed by atoms with van der Waals surface area (Å²) in [5.41, 5.74) is 10.9. The Kier molecular flexibility index (Phi) is 7.43. The number of esters is 1. The number of urea groups is 1. The van der Waals surface area contributed by atoms with E-state index in [9.17, 15) is 14.4 Å². The van der Waals surface area contributed by atoms with Crippen LogP contribution in [0.5, 0.6) is 0 Å². The standard InChI is InChI=1S/C16H17ClN4O4/c1-9(19)12(7-18)14(22)8-25-15(23)6-13(21-16(20)24)10-2-4-11(17)5-3-10/h2-5,12-13H,1,6,8,19H2,(H3,20,21,24)/t12-,13+/m1/s1. The molecule has 0 fully saturated rings. The lowest BCUT2D eigenvalue weighted by molar-refractivity contribution is -0.148. The summed E-state index contributed by atoms with van der Waals surface area (Å²) in [4.78, 5) is 34.8. The molecule has 0 unspecified atom stereocenters. The molecule has 2 atom stereocenters. The number of carbonyl (C=O) groups excluding carboxylic acids is 3. The number of hydrogen-bond acceptors (Lipinski definition) is 6. The first kappa shape index (κ1) is 20.0. The number of ether oxygens (including phenoxy) is 1. The summed E-state index contributed by atoms with van der Waals surface area (Å²) >= 11 is 5.80. The Morgan fingerprint density at radius 2 is 1.88 bits per heavy atom. The summed E-state index contributed by atoms with van der Waals surface area (Å²) in [5.74, 6) is -2.70. The van der Waals surface area contributed by atoms with Crippen molar-refractivity contribution < 1.29 is 19.1 Å². The third-order valence-corrected chi connectivity index (χ3v) is 3.41. The Balaban J connectivity index is 2.71. The molecule has 9 heteroatoms. The minimum absolute atomic E-state index is 0.127. The van der Waals surface area contributed by atoms with Crippen molar-refractivity contribution in [2.75, 3.05) is 6.61 Å². The van der Waals surface area contributed by atoms with Gasteiger partial charge in [0.2, 0.25) is 0 Å². The second-order valence-electron chi connectivity index (χ2n) is 5.08. The van der Waals surface area contributed by atoms with E-state index in [1.54, 1.807) is 30.3 Å². The number of nitriles is 1. The Labute approximate surface area is 149 Å². The van der Waals surface area contributed by atoms with Crippen LogP contribution >= 0.6 is 11.6 Å². The lowest BCUT2D eigenvalue weighted by Crippen LogP contribution is -2.35. The van der Waals surface area contributed by atoms with Crippen molar-refractivity contribution in [3.63, 3.8) is 0 Å². The average Bonchev–Trinajstić information content (AvgIpc) is 2.53. The summed E-state index contributed by atoms with van der Waals surface area (Å²) in [6.45, 7) is 2.70. The number of amides is 2. The number of benzene rings is 1. The second kappa shape index (κ2) is 9.30. The summed E-state index contributed by atoms with van der Waals surface area (Å²) in [7, 11) is 0. The summed E-state index contributed by atoms with van der Waals surface area (Å²) in [6, 6.07) is 6.50. The van der Waals surface area contributed by atoms with Crippen molar-refractivity contribution in [2.45, 2.75) is 12.5 Å². The van der Waals surface area contributed by atoms with Gasteiger partial charge in [-0.1, -0.05) is 30.3 Å². The molecule has 0 aliphatic rings. The fourth-order valence-electron chi connectivity index (χ4n) is 1.94. The number of nitrogens with zero attached hydrogens (tertiary/aromatic N) is 1. The third-order valence-electron chi connectivity index (χ3n) is 3.16. The Morgan fingerprint density at radius 1 is 1.28 bits per heavy atom. The lowest BCUT2D eigenvalue weighted by Gasteiger charge is -2.17. The molecule has 0 radical (unpaired) electrons. The van der Waals surface area contributed by atoms with Crippen molar-refractivity contribution in [1.29, 1.82) is 5.26 Å². The SMILES string of the molecule is C=C(N)[C@@H](C#N)C(=O)COC(=O)C[C@H](NC(N)=O)c1ccc(Cl)cc1. The predicted molar refractivity (Wildman–Crippen MR) is 89.9 cm³/mol. The molecule has 0 bridgehead atoms. The minimum atomic E-state index is -1.25. The summed E-state index contributed by atoms with van der Waals surface area (Å²) < 4.78 is 4.84. The third kappa shape index (κ3) is 6.53. The minimum Gasteiger partial charge on any atom is -0.458 e. The fraction of sp³-hybridized carbons (Fsp3) is 0.250. The molecule has 132 valence electrons. The summed E-state index contributed by atoms with van der Waals surface area (Å²) in [6.07, 6.45) is -0.265. The van der Waals surface area contributed by atoms with Crippen molar-refractivity contribution >= 4 is 29.4 Å². The van der Waals surface area contributed by atoms with Gasteiger partial charge in [-0.2, -0.15) is 5.26 Å². The van der Waals surface area contributed by atoms with Crippen molar-refractivity contribution in [2.24, 2.45) is 17.4 Å². The quantitative estimate of drug-likeness (QED) is 0.589. The van der Waals surface area contributed by atoms with Gasteiger partial charge >= 0.3 is 12.0 Å². The number of carbonyl (C=O) groups is 3. The fourth-order valence-corrected chi connectivity index (χ4v) is 2.07. The second-order valence-corrected chi connectivity index (χ2v) is 5.52. The molecule has 1 aromatic rings. The molecule has 1 rings (SSSR count). The molecule has 0 heterocycles. The molecule has 8 nitrogen and oxygen atoms in total. The van der Waals surface area contributed by atoms with E-state index in [2.05, 4.69) is 11.9 Å². The zero-order valence-corrected chi connectivity index (χ0v) is 14.0. The van der Waals surface area contributed by atoms with Gasteiger partial charge in [-0.05, 0) is 17.7 Å². The molecule has 0 spiro atoms. The molecular weight excluding hydrogens is 348 g/mol. The van der Waals surface area contributed by atoms with Crippen LogP contribution in [0.15, 0.2) is 36.5 Å². The van der Waals surface area contributed by atoms with E-state index in [-0.39, 0.29) is 12.1 Å². The number of ketones is 1. The number of nitrogens with two attached hydrogens (primary N) is 2. The maximum atomic E-state index is 11.9. The molecule has 25 heavy (non-hydrogen) atoms. The first-order valence-corrected chi connectivity index (χ1v) is 7.46. The van der Waals surface area contributed by atoms with E-state index in [4.69, 9.17) is 33.1 Å². The van der Waals surface area contributed by atoms with Crippen LogP contribution in [-0.4, -0.2) is 24.4 Å². The van der Waals surface area contributed by atoms with E-state index in [1.807, 2.05) is 0 Å². The first-order chi connectivity index (χ1) is 11.7. The number of halogens is 1. The zero-order valence-electron chi connectivity index (χ0n) is 13.2. The van der Waals surface area contributed by atoms with Gasteiger partial charge in [-0.25, -0.2) is 4.79 Å². The summed E-state index contributed by atoms with van der Waals surface area (Å²) in [5, 5.41) is 11.7. The van der Waals surface area contributed by atoms with Gasteiger partial charge in [0.1, 0.15) is 5.92 Å². The highest BCUT2D eigenvalue weighted by Crippen LogP contribution is 2.20. The average molecular weight is 365 g/mol. The van der Waals surface area contributed by atoms with Crippen LogP contribution in [0, 0.1) is 17.2 Å². The van der Waals surface area contributed by atoms with Crippen LogP contribution in [0.2, 0.25) is 5.02 Å². The molecule has 5 N–H and O–H groups in total. The molecular formula is C16H17ClN4O4. The number of nitrogens with one attached hydrogen (secondary N) is 1. The molecule has 2 amide bonds. The Hall–Kier alpha value is -3.05. The van der Waals surface area contributed by atoms with Crippen LogP contribution in [0.25, 0.3) is 0 Å². The van der Waals surface area contributed by atoms with E-state index >= 15 is 0 Å². The number of hydrogen-bond donors (Lipinski definition) is 3. The predicted octanol–water partition coefficient (Wildman–Crippen LogP) is 1.16. The number of allylic oxidation sites excluding steroid dienone is 1. The number of primary amides is 1. The van der Waals surface area contributed by atoms with Crippen molar-refractivity contribution in [1.82, 2.24) is 5.32 Å². The lowest BCUT2D eigenvalue weighted by atomic mass is 10.0. The Morgan fingerprint density at radius 3 is 2.36 bits per heavy atom. The van der Waals surface area contributed by atoms with Gasteiger partial charge in [0.25, 0.3) is 0 Å². The topological polar surface area (TPSA) is 148 Å². The van der Waals surface area contributed by atoms with Crippen molar-refractivity contribution in [3.05, 3.63) is 47.1 Å². The van der Waals surface area contributed by atoms with Gasteiger partial charge in [0.05, 0.1) is 18.5 Å². The number of rotatable bonds is 8. The van der Waals surface area contributed by atoms with Crippen LogP contribution in [0.1, 0.15) is 18.0 Å². The van der Waals surface area contributed by atoms with Crippen LogP contribution in [0.3, 0.4) is 0 Å². The normalized spacial score (nSPS) is 12.3. The molecule has 0 saturated carbocycles. The van der Waals surface area contributed by atoms with Gasteiger partial charge < -0.3 is 21.5 Å². The van der Waals surface area contributed by atoms with E-state index < -0.39 is 36.4 Å². The Bertz CT molecular complexity index is 712. The highest BCUT2D eigenvalue weighted by molar-refractivity contribution is 6.30. The molecule has 1 aromatic carbocycles. The highest BCUT2D eigenvalue weighted by Gasteiger charge is 2.23. The van der Waals surface area contributed by atoms with Crippen molar-refractivity contribution in [3.8, 4) is 6.07 Å².